The maximum absolute atomic E-state index is 12.8. The molecule has 7 nitrogen and oxygen atoms in total. The van der Waals surface area contributed by atoms with E-state index < -0.39 is 10.0 Å². The molecule has 1 aliphatic heterocycles. The standard InChI is InChI=1S/C18H21N3O4S/c1-20-9-11-21(12-10-20)26(23,24)17-6-2-4-15(14-17)19-18(22)8-7-16-5-3-13-25-16/h2-8,13-14H,9-12H2,1H3,(H,19,22)/b8-7+. The van der Waals surface area contributed by atoms with Crippen LogP contribution < -0.4 is 5.32 Å². The van der Waals surface area contributed by atoms with Crippen molar-refractivity contribution in [1.82, 2.24) is 9.21 Å². The molecule has 2 aromatic rings. The third-order valence-corrected chi connectivity index (χ3v) is 6.04. The summed E-state index contributed by atoms with van der Waals surface area (Å²) in [5.74, 6) is 0.196. The lowest BCUT2D eigenvalue weighted by molar-refractivity contribution is -0.111. The van der Waals surface area contributed by atoms with E-state index in [1.165, 1.54) is 22.7 Å². The molecule has 1 N–H and O–H groups in total. The molecule has 0 spiro atoms. The van der Waals surface area contributed by atoms with Crippen molar-refractivity contribution < 1.29 is 17.6 Å². The molecule has 0 radical (unpaired) electrons. The fraction of sp³-hybridized carbons (Fsp3) is 0.278. The Labute approximate surface area is 152 Å². The predicted molar refractivity (Wildman–Crippen MR) is 99.1 cm³/mol. The van der Waals surface area contributed by atoms with E-state index in [1.54, 1.807) is 36.4 Å². The van der Waals surface area contributed by atoms with Gasteiger partial charge in [-0.1, -0.05) is 6.07 Å². The van der Waals surface area contributed by atoms with Crippen molar-refractivity contribution in [3.63, 3.8) is 0 Å². The SMILES string of the molecule is CN1CCN(S(=O)(=O)c2cccc(NC(=O)/C=C/c3ccco3)c2)CC1. The van der Waals surface area contributed by atoms with Crippen LogP contribution in [0, 0.1) is 0 Å². The lowest BCUT2D eigenvalue weighted by Crippen LogP contribution is -2.47. The first kappa shape index (κ1) is 18.4. The smallest absolute Gasteiger partial charge is 0.248 e. The number of likely N-dealkylation sites (N-methyl/N-ethyl adjacent to an activating group) is 1. The van der Waals surface area contributed by atoms with Crippen LogP contribution in [0.25, 0.3) is 6.08 Å². The molecule has 2 heterocycles. The van der Waals surface area contributed by atoms with Gasteiger partial charge in [0.25, 0.3) is 0 Å². The molecule has 8 heteroatoms. The predicted octanol–water partition coefficient (Wildman–Crippen LogP) is 1.87. The van der Waals surface area contributed by atoms with Crippen LogP contribution >= 0.6 is 0 Å². The zero-order chi connectivity index (χ0) is 18.6. The minimum absolute atomic E-state index is 0.176. The van der Waals surface area contributed by atoms with E-state index in [9.17, 15) is 13.2 Å². The van der Waals surface area contributed by atoms with Crippen LogP contribution in [0.4, 0.5) is 5.69 Å². The van der Waals surface area contributed by atoms with Crippen molar-refractivity contribution in [3.05, 3.63) is 54.5 Å². The van der Waals surface area contributed by atoms with E-state index in [4.69, 9.17) is 4.42 Å². The van der Waals surface area contributed by atoms with E-state index in [0.29, 0.717) is 37.6 Å². The molecule has 0 saturated carbocycles. The highest BCUT2D eigenvalue weighted by atomic mass is 32.2. The van der Waals surface area contributed by atoms with Crippen LogP contribution in [-0.2, 0) is 14.8 Å². The van der Waals surface area contributed by atoms with Gasteiger partial charge in [0.2, 0.25) is 15.9 Å². The second kappa shape index (κ2) is 7.86. The van der Waals surface area contributed by atoms with Gasteiger partial charge in [-0.25, -0.2) is 8.42 Å². The van der Waals surface area contributed by atoms with E-state index in [0.717, 1.165) is 0 Å². The van der Waals surface area contributed by atoms with Gasteiger partial charge in [0.15, 0.2) is 0 Å². The molecule has 1 fully saturated rings. The fourth-order valence-electron chi connectivity index (χ4n) is 2.64. The average molecular weight is 375 g/mol. The number of amides is 1. The number of furan rings is 1. The molecule has 0 unspecified atom stereocenters. The lowest BCUT2D eigenvalue weighted by Gasteiger charge is -2.31. The van der Waals surface area contributed by atoms with Crippen molar-refractivity contribution in [2.45, 2.75) is 4.90 Å². The van der Waals surface area contributed by atoms with Gasteiger partial charge in [0.05, 0.1) is 11.2 Å². The van der Waals surface area contributed by atoms with Gasteiger partial charge >= 0.3 is 0 Å². The molecule has 138 valence electrons. The summed E-state index contributed by atoms with van der Waals surface area (Å²) in [5.41, 5.74) is 0.425. The monoisotopic (exact) mass is 375 g/mol. The molecular formula is C18H21N3O4S. The summed E-state index contributed by atoms with van der Waals surface area (Å²) in [4.78, 5) is 14.3. The first-order chi connectivity index (χ1) is 12.4. The molecule has 26 heavy (non-hydrogen) atoms. The molecule has 1 aromatic heterocycles. The minimum atomic E-state index is -3.57. The fourth-order valence-corrected chi connectivity index (χ4v) is 4.11. The van der Waals surface area contributed by atoms with Gasteiger partial charge in [-0.3, -0.25) is 4.79 Å². The molecule has 0 bridgehead atoms. The molecule has 1 aliphatic rings. The Morgan fingerprint density at radius 3 is 2.62 bits per heavy atom. The first-order valence-electron chi connectivity index (χ1n) is 8.26. The topological polar surface area (TPSA) is 82.9 Å². The highest BCUT2D eigenvalue weighted by molar-refractivity contribution is 7.89. The van der Waals surface area contributed by atoms with E-state index in [2.05, 4.69) is 10.2 Å². The van der Waals surface area contributed by atoms with Crippen molar-refractivity contribution in [3.8, 4) is 0 Å². The average Bonchev–Trinajstić information content (AvgIpc) is 3.14. The van der Waals surface area contributed by atoms with E-state index in [1.807, 2.05) is 7.05 Å². The first-order valence-corrected chi connectivity index (χ1v) is 9.70. The largest absolute Gasteiger partial charge is 0.465 e. The summed E-state index contributed by atoms with van der Waals surface area (Å²) in [6.45, 7) is 2.32. The number of nitrogens with zero attached hydrogens (tertiary/aromatic N) is 2. The van der Waals surface area contributed by atoms with Crippen LogP contribution in [0.3, 0.4) is 0 Å². The summed E-state index contributed by atoms with van der Waals surface area (Å²) in [6.07, 6.45) is 4.39. The van der Waals surface area contributed by atoms with E-state index >= 15 is 0 Å². The molecular weight excluding hydrogens is 354 g/mol. The van der Waals surface area contributed by atoms with Crippen molar-refractivity contribution >= 4 is 27.7 Å². The van der Waals surface area contributed by atoms with Gasteiger partial charge in [0, 0.05) is 37.9 Å². The van der Waals surface area contributed by atoms with Crippen LogP contribution in [0.15, 0.2) is 58.1 Å². The molecule has 1 saturated heterocycles. The maximum Gasteiger partial charge on any atom is 0.248 e. The molecule has 0 aliphatic carbocycles. The Kier molecular flexibility index (Phi) is 5.55. The normalized spacial score (nSPS) is 16.8. The lowest BCUT2D eigenvalue weighted by atomic mass is 10.3. The van der Waals surface area contributed by atoms with Crippen LogP contribution in [0.1, 0.15) is 5.76 Å². The Bertz CT molecular complexity index is 883. The number of sulfonamides is 1. The van der Waals surface area contributed by atoms with Crippen molar-refractivity contribution in [1.29, 1.82) is 0 Å². The second-order valence-corrected chi connectivity index (χ2v) is 8.01. The Hall–Kier alpha value is -2.42. The summed E-state index contributed by atoms with van der Waals surface area (Å²) in [5, 5.41) is 2.67. The molecule has 0 atom stereocenters. The van der Waals surface area contributed by atoms with Gasteiger partial charge in [-0.15, -0.1) is 0 Å². The van der Waals surface area contributed by atoms with Crippen LogP contribution in [-0.4, -0.2) is 56.8 Å². The number of hydrogen-bond acceptors (Lipinski definition) is 5. The van der Waals surface area contributed by atoms with Gasteiger partial charge < -0.3 is 14.6 Å². The van der Waals surface area contributed by atoms with Gasteiger partial charge in [-0.2, -0.15) is 4.31 Å². The van der Waals surface area contributed by atoms with Gasteiger partial charge in [0.1, 0.15) is 5.76 Å². The minimum Gasteiger partial charge on any atom is -0.465 e. The number of carbonyl (C=O) groups is 1. The Balaban J connectivity index is 1.70. The van der Waals surface area contributed by atoms with Crippen LogP contribution in [0.2, 0.25) is 0 Å². The zero-order valence-corrected chi connectivity index (χ0v) is 15.3. The summed E-state index contributed by atoms with van der Waals surface area (Å²) < 4.78 is 32.2. The number of piperazine rings is 1. The van der Waals surface area contributed by atoms with Crippen LogP contribution in [0.5, 0.6) is 0 Å². The number of benzene rings is 1. The summed E-state index contributed by atoms with van der Waals surface area (Å²) in [6, 6.07) is 9.75. The number of carbonyl (C=O) groups excluding carboxylic acids is 1. The summed E-state index contributed by atoms with van der Waals surface area (Å²) >= 11 is 0. The third kappa shape index (κ3) is 4.40. The number of nitrogens with one attached hydrogen (secondary N) is 1. The van der Waals surface area contributed by atoms with Crippen molar-refractivity contribution in [2.24, 2.45) is 0 Å². The Morgan fingerprint density at radius 1 is 1.15 bits per heavy atom. The number of anilines is 1. The zero-order valence-electron chi connectivity index (χ0n) is 14.5. The second-order valence-electron chi connectivity index (χ2n) is 6.07. The van der Waals surface area contributed by atoms with Crippen molar-refractivity contribution in [2.75, 3.05) is 38.5 Å². The van der Waals surface area contributed by atoms with E-state index in [-0.39, 0.29) is 10.8 Å². The molecule has 3 rings (SSSR count). The maximum atomic E-state index is 12.8. The number of rotatable bonds is 5. The third-order valence-electron chi connectivity index (χ3n) is 4.14. The molecule has 1 aromatic carbocycles. The summed E-state index contributed by atoms with van der Waals surface area (Å²) in [7, 11) is -1.60. The quantitative estimate of drug-likeness (QED) is 0.807. The highest BCUT2D eigenvalue weighted by Crippen LogP contribution is 2.21. The van der Waals surface area contributed by atoms with Gasteiger partial charge in [-0.05, 0) is 43.5 Å². The Morgan fingerprint density at radius 2 is 1.92 bits per heavy atom. The highest BCUT2D eigenvalue weighted by Gasteiger charge is 2.27. The molecule has 1 amide bonds. The number of hydrogen-bond donors (Lipinski definition) is 1.